The molecule has 0 saturated heterocycles. The third-order valence-electron chi connectivity index (χ3n) is 4.36. The number of para-hydroxylation sites is 1. The molecule has 27 heavy (non-hydrogen) atoms. The number of thioether (sulfide) groups is 1. The van der Waals surface area contributed by atoms with Gasteiger partial charge in [0.1, 0.15) is 12.4 Å². The molecule has 0 bridgehead atoms. The van der Waals surface area contributed by atoms with Gasteiger partial charge in [0.05, 0.1) is 18.4 Å². The van der Waals surface area contributed by atoms with E-state index in [0.29, 0.717) is 18.3 Å². The van der Waals surface area contributed by atoms with Crippen molar-refractivity contribution in [3.8, 4) is 11.6 Å². The number of aromatic nitrogens is 2. The van der Waals surface area contributed by atoms with Crippen molar-refractivity contribution >= 4 is 17.7 Å². The summed E-state index contributed by atoms with van der Waals surface area (Å²) >= 11 is 1.16. The number of nitrogens with one attached hydrogen (secondary N) is 1. The summed E-state index contributed by atoms with van der Waals surface area (Å²) in [5.41, 5.74) is -0.270. The number of nitrogens with zero attached hydrogens (tertiary/aromatic N) is 2. The molecule has 144 valence electrons. The van der Waals surface area contributed by atoms with Crippen LogP contribution in [0.5, 0.6) is 11.6 Å². The standard InChI is InChI=1S/C19H23N3O4S/c23-16-12-18(25)22(14-6-4-5-7-14)19(21-16)27-13-17(24)20-10-11-26-15-8-2-1-3-9-15/h1-3,8-9,12,14,23H,4-7,10-11,13H2,(H,20,24). The number of ether oxygens (including phenoxy) is 1. The predicted molar refractivity (Wildman–Crippen MR) is 103 cm³/mol. The van der Waals surface area contributed by atoms with Gasteiger partial charge in [0, 0.05) is 6.04 Å². The Hall–Kier alpha value is -2.48. The van der Waals surface area contributed by atoms with Gasteiger partial charge in [-0.2, -0.15) is 4.98 Å². The summed E-state index contributed by atoms with van der Waals surface area (Å²) < 4.78 is 7.14. The van der Waals surface area contributed by atoms with E-state index < -0.39 is 0 Å². The molecule has 8 heteroatoms. The first-order chi connectivity index (χ1) is 13.1. The van der Waals surface area contributed by atoms with E-state index in [-0.39, 0.29) is 29.1 Å². The van der Waals surface area contributed by atoms with Gasteiger partial charge in [-0.3, -0.25) is 14.2 Å². The summed E-state index contributed by atoms with van der Waals surface area (Å²) in [4.78, 5) is 28.4. The Labute approximate surface area is 161 Å². The minimum absolute atomic E-state index is 0.0930. The Morgan fingerprint density at radius 1 is 1.30 bits per heavy atom. The fourth-order valence-electron chi connectivity index (χ4n) is 3.12. The van der Waals surface area contributed by atoms with E-state index in [1.807, 2.05) is 30.3 Å². The van der Waals surface area contributed by atoms with Crippen molar-refractivity contribution in [1.82, 2.24) is 14.9 Å². The summed E-state index contributed by atoms with van der Waals surface area (Å²) in [5.74, 6) is 0.389. The maximum absolute atomic E-state index is 12.3. The maximum Gasteiger partial charge on any atom is 0.258 e. The fraction of sp³-hybridized carbons (Fsp3) is 0.421. The first-order valence-electron chi connectivity index (χ1n) is 9.03. The van der Waals surface area contributed by atoms with Gasteiger partial charge in [0.2, 0.25) is 11.8 Å². The van der Waals surface area contributed by atoms with Crippen LogP contribution in [-0.2, 0) is 4.79 Å². The number of carbonyl (C=O) groups is 1. The van der Waals surface area contributed by atoms with E-state index in [4.69, 9.17) is 4.74 Å². The van der Waals surface area contributed by atoms with E-state index in [1.165, 1.54) is 0 Å². The van der Waals surface area contributed by atoms with Crippen LogP contribution >= 0.6 is 11.8 Å². The highest BCUT2D eigenvalue weighted by atomic mass is 32.2. The summed E-state index contributed by atoms with van der Waals surface area (Å²) in [7, 11) is 0. The lowest BCUT2D eigenvalue weighted by Gasteiger charge is -2.17. The van der Waals surface area contributed by atoms with Gasteiger partial charge in [0.15, 0.2) is 5.16 Å². The first-order valence-corrected chi connectivity index (χ1v) is 10.0. The second kappa shape index (κ2) is 9.45. The minimum atomic E-state index is -0.312. The highest BCUT2D eigenvalue weighted by Gasteiger charge is 2.22. The molecule has 2 N–H and O–H groups in total. The van der Waals surface area contributed by atoms with Gasteiger partial charge in [-0.25, -0.2) is 0 Å². The number of benzene rings is 1. The molecule has 1 heterocycles. The van der Waals surface area contributed by atoms with E-state index in [0.717, 1.165) is 49.3 Å². The second-order valence-electron chi connectivity index (χ2n) is 6.34. The molecule has 1 fully saturated rings. The normalized spacial score (nSPS) is 14.2. The van der Waals surface area contributed by atoms with Gasteiger partial charge >= 0.3 is 0 Å². The van der Waals surface area contributed by atoms with Crippen LogP contribution in [0.25, 0.3) is 0 Å². The number of hydrogen-bond acceptors (Lipinski definition) is 6. The molecule has 3 rings (SSSR count). The van der Waals surface area contributed by atoms with Crippen LogP contribution in [0.4, 0.5) is 0 Å². The van der Waals surface area contributed by atoms with Crippen molar-refractivity contribution in [3.63, 3.8) is 0 Å². The Morgan fingerprint density at radius 2 is 2.04 bits per heavy atom. The number of hydrogen-bond donors (Lipinski definition) is 2. The monoisotopic (exact) mass is 389 g/mol. The van der Waals surface area contributed by atoms with Crippen molar-refractivity contribution in [2.24, 2.45) is 0 Å². The third-order valence-corrected chi connectivity index (χ3v) is 5.32. The van der Waals surface area contributed by atoms with Gasteiger partial charge in [-0.15, -0.1) is 0 Å². The molecule has 1 aromatic carbocycles. The highest BCUT2D eigenvalue weighted by Crippen LogP contribution is 2.31. The lowest BCUT2D eigenvalue weighted by molar-refractivity contribution is -0.118. The van der Waals surface area contributed by atoms with Gasteiger partial charge in [-0.05, 0) is 25.0 Å². The highest BCUT2D eigenvalue weighted by molar-refractivity contribution is 7.99. The van der Waals surface area contributed by atoms with Crippen LogP contribution in [0.3, 0.4) is 0 Å². The molecule has 1 amide bonds. The summed E-state index contributed by atoms with van der Waals surface area (Å²) in [5, 5.41) is 12.8. The second-order valence-corrected chi connectivity index (χ2v) is 7.29. The lowest BCUT2D eigenvalue weighted by Crippen LogP contribution is -2.30. The van der Waals surface area contributed by atoms with Crippen LogP contribution in [0.1, 0.15) is 31.7 Å². The third kappa shape index (κ3) is 5.50. The van der Waals surface area contributed by atoms with Crippen LogP contribution in [-0.4, -0.2) is 39.5 Å². The fourth-order valence-corrected chi connectivity index (χ4v) is 4.01. The molecule has 1 aliphatic rings. The van der Waals surface area contributed by atoms with Crippen molar-refractivity contribution < 1.29 is 14.6 Å². The van der Waals surface area contributed by atoms with Crippen molar-refractivity contribution in [3.05, 3.63) is 46.8 Å². The Balaban J connectivity index is 1.50. The molecular weight excluding hydrogens is 366 g/mol. The maximum atomic E-state index is 12.3. The molecule has 1 aliphatic carbocycles. The molecule has 1 aromatic heterocycles. The Kier molecular flexibility index (Phi) is 6.75. The Bertz CT molecular complexity index is 819. The zero-order valence-electron chi connectivity index (χ0n) is 15.0. The van der Waals surface area contributed by atoms with Crippen LogP contribution in [0.2, 0.25) is 0 Å². The van der Waals surface area contributed by atoms with Gasteiger partial charge in [0.25, 0.3) is 5.56 Å². The van der Waals surface area contributed by atoms with Crippen molar-refractivity contribution in [1.29, 1.82) is 0 Å². The molecule has 2 aromatic rings. The van der Waals surface area contributed by atoms with Crippen molar-refractivity contribution in [2.75, 3.05) is 18.9 Å². The summed E-state index contributed by atoms with van der Waals surface area (Å²) in [6, 6.07) is 10.6. The molecule has 1 saturated carbocycles. The number of carbonyl (C=O) groups excluding carboxylic acids is 1. The van der Waals surface area contributed by atoms with Crippen LogP contribution in [0.15, 0.2) is 46.3 Å². The lowest BCUT2D eigenvalue weighted by atomic mass is 10.2. The summed E-state index contributed by atoms with van der Waals surface area (Å²) in [6.45, 7) is 0.759. The topological polar surface area (TPSA) is 93.5 Å². The molecule has 0 radical (unpaired) electrons. The molecule has 0 spiro atoms. The molecule has 0 atom stereocenters. The quantitative estimate of drug-likeness (QED) is 0.409. The smallest absolute Gasteiger partial charge is 0.258 e. The average Bonchev–Trinajstić information content (AvgIpc) is 3.18. The van der Waals surface area contributed by atoms with Crippen molar-refractivity contribution in [2.45, 2.75) is 36.9 Å². The van der Waals surface area contributed by atoms with E-state index in [1.54, 1.807) is 4.57 Å². The number of amides is 1. The van der Waals surface area contributed by atoms with Gasteiger partial charge < -0.3 is 15.2 Å². The average molecular weight is 389 g/mol. The first kappa shape index (κ1) is 19.3. The zero-order chi connectivity index (χ0) is 19.1. The molecule has 7 nitrogen and oxygen atoms in total. The van der Waals surface area contributed by atoms with Crippen LogP contribution < -0.4 is 15.6 Å². The van der Waals surface area contributed by atoms with E-state index >= 15 is 0 Å². The summed E-state index contributed by atoms with van der Waals surface area (Å²) in [6.07, 6.45) is 3.99. The van der Waals surface area contributed by atoms with E-state index in [2.05, 4.69) is 10.3 Å². The number of aromatic hydroxyl groups is 1. The SMILES string of the molecule is O=C(CSc1nc(O)cc(=O)n1C1CCCC1)NCCOc1ccccc1. The zero-order valence-corrected chi connectivity index (χ0v) is 15.8. The van der Waals surface area contributed by atoms with Crippen LogP contribution in [0, 0.1) is 0 Å². The van der Waals surface area contributed by atoms with Gasteiger partial charge in [-0.1, -0.05) is 42.8 Å². The van der Waals surface area contributed by atoms with E-state index in [9.17, 15) is 14.7 Å². The number of rotatable bonds is 8. The molecular formula is C19H23N3O4S. The molecule has 0 unspecified atom stereocenters. The largest absolute Gasteiger partial charge is 0.493 e. The minimum Gasteiger partial charge on any atom is -0.493 e. The predicted octanol–water partition coefficient (Wildman–Crippen LogP) is 2.35. The Morgan fingerprint density at radius 3 is 2.78 bits per heavy atom. The molecule has 0 aliphatic heterocycles.